The lowest BCUT2D eigenvalue weighted by Crippen LogP contribution is -2.25. The standard InChI is InChI=1S/C16H23F2NO/c17-14-8-7-13(15(18)10-14)11-19-9-3-5-12-4-1-2-6-16(12)20/h7-8,10,12,16,19-20H,1-6,9,11H2. The summed E-state index contributed by atoms with van der Waals surface area (Å²) in [4.78, 5) is 0. The van der Waals surface area contributed by atoms with E-state index in [1.54, 1.807) is 0 Å². The normalized spacial score (nSPS) is 22.9. The van der Waals surface area contributed by atoms with Crippen LogP contribution < -0.4 is 5.32 Å². The summed E-state index contributed by atoms with van der Waals surface area (Å²) in [7, 11) is 0. The fourth-order valence-corrected chi connectivity index (χ4v) is 2.90. The Labute approximate surface area is 119 Å². The van der Waals surface area contributed by atoms with Gasteiger partial charge in [-0.05, 0) is 44.2 Å². The van der Waals surface area contributed by atoms with Crippen LogP contribution in [0.25, 0.3) is 0 Å². The smallest absolute Gasteiger partial charge is 0.130 e. The summed E-state index contributed by atoms with van der Waals surface area (Å²) in [5.74, 6) is -0.620. The molecule has 0 aliphatic heterocycles. The van der Waals surface area contributed by atoms with Crippen molar-refractivity contribution < 1.29 is 13.9 Å². The molecule has 20 heavy (non-hydrogen) atoms. The van der Waals surface area contributed by atoms with Gasteiger partial charge in [0, 0.05) is 18.2 Å². The van der Waals surface area contributed by atoms with E-state index in [9.17, 15) is 13.9 Å². The molecule has 1 aliphatic carbocycles. The maximum atomic E-state index is 13.4. The molecule has 1 aromatic carbocycles. The minimum atomic E-state index is -0.544. The fourth-order valence-electron chi connectivity index (χ4n) is 2.90. The maximum absolute atomic E-state index is 13.4. The minimum absolute atomic E-state index is 0.140. The van der Waals surface area contributed by atoms with E-state index in [2.05, 4.69) is 5.32 Å². The van der Waals surface area contributed by atoms with Crippen LogP contribution in [0.15, 0.2) is 18.2 Å². The summed E-state index contributed by atoms with van der Waals surface area (Å²) >= 11 is 0. The van der Waals surface area contributed by atoms with Crippen LogP contribution in [-0.4, -0.2) is 17.8 Å². The van der Waals surface area contributed by atoms with E-state index >= 15 is 0 Å². The van der Waals surface area contributed by atoms with E-state index in [-0.39, 0.29) is 6.10 Å². The predicted molar refractivity (Wildman–Crippen MR) is 75.3 cm³/mol. The molecule has 0 spiro atoms. The molecular formula is C16H23F2NO. The summed E-state index contributed by atoms with van der Waals surface area (Å²) in [6.45, 7) is 1.21. The van der Waals surface area contributed by atoms with E-state index < -0.39 is 11.6 Å². The third kappa shape index (κ3) is 4.53. The lowest BCUT2D eigenvalue weighted by atomic mass is 9.83. The first kappa shape index (κ1) is 15.4. The van der Waals surface area contributed by atoms with Gasteiger partial charge in [-0.2, -0.15) is 0 Å². The average Bonchev–Trinajstić information content (AvgIpc) is 2.42. The molecule has 1 fully saturated rings. The zero-order valence-electron chi connectivity index (χ0n) is 11.7. The molecule has 112 valence electrons. The largest absolute Gasteiger partial charge is 0.393 e. The van der Waals surface area contributed by atoms with E-state index in [1.165, 1.54) is 18.6 Å². The highest BCUT2D eigenvalue weighted by molar-refractivity contribution is 5.18. The number of aliphatic hydroxyl groups excluding tert-OH is 1. The lowest BCUT2D eigenvalue weighted by molar-refractivity contribution is 0.0643. The SMILES string of the molecule is OC1CCCCC1CCCNCc1ccc(F)cc1F. The van der Waals surface area contributed by atoms with Crippen molar-refractivity contribution in [3.8, 4) is 0 Å². The van der Waals surface area contributed by atoms with Crippen LogP contribution in [-0.2, 0) is 6.54 Å². The highest BCUT2D eigenvalue weighted by Crippen LogP contribution is 2.27. The predicted octanol–water partition coefficient (Wildman–Crippen LogP) is 3.39. The summed E-state index contributed by atoms with van der Waals surface area (Å²) in [6.07, 6.45) is 6.26. The molecule has 0 aromatic heterocycles. The molecule has 0 saturated heterocycles. The van der Waals surface area contributed by atoms with Gasteiger partial charge in [-0.25, -0.2) is 8.78 Å². The van der Waals surface area contributed by atoms with Crippen LogP contribution in [0.5, 0.6) is 0 Å². The van der Waals surface area contributed by atoms with Crippen LogP contribution in [0.4, 0.5) is 8.78 Å². The highest BCUT2D eigenvalue weighted by atomic mass is 19.1. The fraction of sp³-hybridized carbons (Fsp3) is 0.625. The van der Waals surface area contributed by atoms with Crippen molar-refractivity contribution in [1.82, 2.24) is 5.32 Å². The van der Waals surface area contributed by atoms with Crippen LogP contribution in [0.1, 0.15) is 44.1 Å². The van der Waals surface area contributed by atoms with Gasteiger partial charge in [0.2, 0.25) is 0 Å². The number of aliphatic hydroxyl groups is 1. The first-order valence-corrected chi connectivity index (χ1v) is 7.49. The summed E-state index contributed by atoms with van der Waals surface area (Å²) in [5.41, 5.74) is 0.490. The topological polar surface area (TPSA) is 32.3 Å². The third-order valence-electron chi connectivity index (χ3n) is 4.13. The zero-order valence-corrected chi connectivity index (χ0v) is 11.7. The van der Waals surface area contributed by atoms with Crippen LogP contribution >= 0.6 is 0 Å². The number of rotatable bonds is 6. The van der Waals surface area contributed by atoms with Crippen LogP contribution in [0.3, 0.4) is 0 Å². The van der Waals surface area contributed by atoms with Crippen LogP contribution in [0, 0.1) is 17.6 Å². The number of benzene rings is 1. The van der Waals surface area contributed by atoms with Crippen LogP contribution in [0.2, 0.25) is 0 Å². The van der Waals surface area contributed by atoms with E-state index in [1.807, 2.05) is 0 Å². The Hall–Kier alpha value is -1.00. The Bertz CT molecular complexity index is 425. The second-order valence-corrected chi connectivity index (χ2v) is 5.67. The van der Waals surface area contributed by atoms with E-state index in [0.717, 1.165) is 44.7 Å². The molecule has 0 heterocycles. The van der Waals surface area contributed by atoms with Gasteiger partial charge in [0.05, 0.1) is 6.10 Å². The van der Waals surface area contributed by atoms with Crippen molar-refractivity contribution in [3.63, 3.8) is 0 Å². The molecule has 0 radical (unpaired) electrons. The molecule has 0 bridgehead atoms. The quantitative estimate of drug-likeness (QED) is 0.784. The van der Waals surface area contributed by atoms with Gasteiger partial charge in [-0.1, -0.05) is 18.9 Å². The van der Waals surface area contributed by atoms with E-state index in [0.29, 0.717) is 18.0 Å². The number of nitrogens with one attached hydrogen (secondary N) is 1. The second-order valence-electron chi connectivity index (χ2n) is 5.67. The summed E-state index contributed by atoms with van der Waals surface area (Å²) in [5, 5.41) is 13.0. The molecule has 2 rings (SSSR count). The van der Waals surface area contributed by atoms with Crippen molar-refractivity contribution in [2.75, 3.05) is 6.54 Å². The first-order chi connectivity index (χ1) is 9.66. The third-order valence-corrected chi connectivity index (χ3v) is 4.13. The van der Waals surface area contributed by atoms with Gasteiger partial charge in [0.1, 0.15) is 11.6 Å². The molecular weight excluding hydrogens is 260 g/mol. The molecule has 1 saturated carbocycles. The zero-order chi connectivity index (χ0) is 14.4. The molecule has 4 heteroatoms. The Balaban J connectivity index is 1.64. The average molecular weight is 283 g/mol. The second kappa shape index (κ2) is 7.70. The molecule has 1 aliphatic rings. The van der Waals surface area contributed by atoms with Gasteiger partial charge in [0.15, 0.2) is 0 Å². The van der Waals surface area contributed by atoms with Gasteiger partial charge < -0.3 is 10.4 Å². The van der Waals surface area contributed by atoms with Crippen molar-refractivity contribution in [2.24, 2.45) is 5.92 Å². The summed E-state index contributed by atoms with van der Waals surface area (Å²) in [6, 6.07) is 3.66. The first-order valence-electron chi connectivity index (χ1n) is 7.49. The molecule has 2 atom stereocenters. The number of halogens is 2. The lowest BCUT2D eigenvalue weighted by Gasteiger charge is -2.27. The summed E-state index contributed by atoms with van der Waals surface area (Å²) < 4.78 is 26.1. The van der Waals surface area contributed by atoms with Crippen molar-refractivity contribution in [2.45, 2.75) is 51.2 Å². The van der Waals surface area contributed by atoms with Crippen molar-refractivity contribution >= 4 is 0 Å². The number of hydrogen-bond acceptors (Lipinski definition) is 2. The van der Waals surface area contributed by atoms with Gasteiger partial charge in [-0.3, -0.25) is 0 Å². The maximum Gasteiger partial charge on any atom is 0.130 e. The minimum Gasteiger partial charge on any atom is -0.393 e. The van der Waals surface area contributed by atoms with Crippen molar-refractivity contribution in [1.29, 1.82) is 0 Å². The molecule has 2 unspecified atom stereocenters. The molecule has 1 aromatic rings. The van der Waals surface area contributed by atoms with Gasteiger partial charge in [0.25, 0.3) is 0 Å². The Morgan fingerprint density at radius 2 is 2.00 bits per heavy atom. The van der Waals surface area contributed by atoms with Crippen molar-refractivity contribution in [3.05, 3.63) is 35.4 Å². The Kier molecular flexibility index (Phi) is 5.92. The van der Waals surface area contributed by atoms with Gasteiger partial charge >= 0.3 is 0 Å². The molecule has 2 nitrogen and oxygen atoms in total. The number of hydrogen-bond donors (Lipinski definition) is 2. The van der Waals surface area contributed by atoms with E-state index in [4.69, 9.17) is 0 Å². The Morgan fingerprint density at radius 3 is 2.75 bits per heavy atom. The highest BCUT2D eigenvalue weighted by Gasteiger charge is 2.22. The monoisotopic (exact) mass is 283 g/mol. The Morgan fingerprint density at radius 1 is 1.20 bits per heavy atom. The van der Waals surface area contributed by atoms with Gasteiger partial charge in [-0.15, -0.1) is 0 Å². The molecule has 2 N–H and O–H groups in total. The molecule has 0 amide bonds.